The Labute approximate surface area is 101 Å². The first kappa shape index (κ1) is 11.6. The van der Waals surface area contributed by atoms with Gasteiger partial charge in [-0.3, -0.25) is 4.98 Å². The van der Waals surface area contributed by atoms with Crippen molar-refractivity contribution in [1.29, 1.82) is 0 Å². The van der Waals surface area contributed by atoms with E-state index in [0.717, 1.165) is 44.2 Å². The number of hydrogen-bond acceptors (Lipinski definition) is 4. The van der Waals surface area contributed by atoms with E-state index in [9.17, 15) is 0 Å². The molecule has 0 aliphatic carbocycles. The van der Waals surface area contributed by atoms with Crippen molar-refractivity contribution in [1.82, 2.24) is 14.9 Å². The number of halogens is 1. The molecule has 0 atom stereocenters. The molecule has 5 heteroatoms. The Morgan fingerprint density at radius 3 is 2.44 bits per heavy atom. The van der Waals surface area contributed by atoms with Crippen molar-refractivity contribution in [3.8, 4) is 0 Å². The van der Waals surface area contributed by atoms with E-state index in [4.69, 9.17) is 11.6 Å². The zero-order valence-corrected chi connectivity index (χ0v) is 10.3. The van der Waals surface area contributed by atoms with Gasteiger partial charge in [-0.1, -0.05) is 6.92 Å². The molecule has 16 heavy (non-hydrogen) atoms. The lowest BCUT2D eigenvalue weighted by atomic mass is 10.3. The number of alkyl halides is 1. The number of rotatable bonds is 3. The van der Waals surface area contributed by atoms with Crippen LogP contribution in [-0.4, -0.2) is 47.6 Å². The van der Waals surface area contributed by atoms with Gasteiger partial charge in [0.05, 0.1) is 24.0 Å². The van der Waals surface area contributed by atoms with Crippen molar-refractivity contribution in [2.75, 3.05) is 37.6 Å². The van der Waals surface area contributed by atoms with Gasteiger partial charge in [0.15, 0.2) is 0 Å². The van der Waals surface area contributed by atoms with Gasteiger partial charge in [0.1, 0.15) is 5.82 Å². The number of anilines is 1. The fraction of sp³-hybridized carbons (Fsp3) is 0.636. The van der Waals surface area contributed by atoms with E-state index >= 15 is 0 Å². The molecule has 1 aliphatic heterocycles. The number of aromatic nitrogens is 2. The molecular formula is C11H17ClN4. The van der Waals surface area contributed by atoms with E-state index in [1.165, 1.54) is 0 Å². The molecule has 2 heterocycles. The molecule has 1 aromatic heterocycles. The third kappa shape index (κ3) is 2.62. The molecule has 0 radical (unpaired) electrons. The second kappa shape index (κ2) is 5.46. The van der Waals surface area contributed by atoms with Gasteiger partial charge in [-0.25, -0.2) is 4.98 Å². The summed E-state index contributed by atoms with van der Waals surface area (Å²) >= 11 is 5.68. The summed E-state index contributed by atoms with van der Waals surface area (Å²) in [6.45, 7) is 7.60. The normalized spacial score (nSPS) is 17.8. The summed E-state index contributed by atoms with van der Waals surface area (Å²) in [6, 6.07) is 0. The highest BCUT2D eigenvalue weighted by Crippen LogP contribution is 2.12. The molecule has 1 fully saturated rings. The molecule has 2 rings (SSSR count). The molecule has 1 aliphatic rings. The van der Waals surface area contributed by atoms with Crippen LogP contribution in [0.15, 0.2) is 12.4 Å². The molecule has 0 saturated carbocycles. The maximum Gasteiger partial charge on any atom is 0.147 e. The Balaban J connectivity index is 1.97. The van der Waals surface area contributed by atoms with Crippen LogP contribution in [0.5, 0.6) is 0 Å². The van der Waals surface area contributed by atoms with E-state index in [-0.39, 0.29) is 0 Å². The summed E-state index contributed by atoms with van der Waals surface area (Å²) in [6.07, 6.45) is 3.58. The number of likely N-dealkylation sites (N-methyl/N-ethyl adjacent to an activating group) is 1. The maximum absolute atomic E-state index is 5.68. The molecule has 0 amide bonds. The Bertz CT molecular complexity index is 319. The second-order valence-electron chi connectivity index (χ2n) is 3.92. The summed E-state index contributed by atoms with van der Waals surface area (Å²) in [5.74, 6) is 1.39. The minimum atomic E-state index is 0.427. The molecule has 0 bridgehead atoms. The van der Waals surface area contributed by atoms with Crippen molar-refractivity contribution >= 4 is 17.4 Å². The van der Waals surface area contributed by atoms with Crippen LogP contribution >= 0.6 is 11.6 Å². The van der Waals surface area contributed by atoms with E-state index in [1.54, 1.807) is 6.20 Å². The van der Waals surface area contributed by atoms with E-state index in [1.807, 2.05) is 6.20 Å². The third-order valence-corrected chi connectivity index (χ3v) is 3.25. The SMILES string of the molecule is CCN1CCN(c2cnc(CCl)cn2)CC1. The van der Waals surface area contributed by atoms with Gasteiger partial charge in [-0.2, -0.15) is 0 Å². The Kier molecular flexibility index (Phi) is 3.96. The summed E-state index contributed by atoms with van der Waals surface area (Å²) < 4.78 is 0. The largest absolute Gasteiger partial charge is 0.353 e. The lowest BCUT2D eigenvalue weighted by Crippen LogP contribution is -2.46. The quantitative estimate of drug-likeness (QED) is 0.747. The zero-order valence-electron chi connectivity index (χ0n) is 9.56. The minimum Gasteiger partial charge on any atom is -0.353 e. The van der Waals surface area contributed by atoms with Crippen molar-refractivity contribution in [3.05, 3.63) is 18.1 Å². The molecule has 0 unspecified atom stereocenters. The van der Waals surface area contributed by atoms with Crippen LogP contribution in [0.2, 0.25) is 0 Å². The second-order valence-corrected chi connectivity index (χ2v) is 4.19. The van der Waals surface area contributed by atoms with Gasteiger partial charge in [-0.05, 0) is 6.54 Å². The molecule has 1 aromatic rings. The smallest absolute Gasteiger partial charge is 0.147 e. The van der Waals surface area contributed by atoms with Crippen molar-refractivity contribution in [3.63, 3.8) is 0 Å². The summed E-state index contributed by atoms with van der Waals surface area (Å²) in [5.41, 5.74) is 0.831. The first-order chi connectivity index (χ1) is 7.83. The fourth-order valence-corrected chi connectivity index (χ4v) is 2.01. The lowest BCUT2D eigenvalue weighted by molar-refractivity contribution is 0.270. The van der Waals surface area contributed by atoms with Crippen LogP contribution in [0.3, 0.4) is 0 Å². The van der Waals surface area contributed by atoms with Gasteiger partial charge in [0.2, 0.25) is 0 Å². The molecule has 0 spiro atoms. The van der Waals surface area contributed by atoms with Gasteiger partial charge >= 0.3 is 0 Å². The Morgan fingerprint density at radius 1 is 1.19 bits per heavy atom. The van der Waals surface area contributed by atoms with E-state index in [2.05, 4.69) is 26.7 Å². The van der Waals surface area contributed by atoms with Crippen LogP contribution < -0.4 is 4.90 Å². The first-order valence-electron chi connectivity index (χ1n) is 5.67. The predicted octanol–water partition coefficient (Wildman–Crippen LogP) is 1.36. The van der Waals surface area contributed by atoms with Crippen molar-refractivity contribution < 1.29 is 0 Å². The molecule has 0 N–H and O–H groups in total. The van der Waals surface area contributed by atoms with Crippen LogP contribution in [-0.2, 0) is 5.88 Å². The Morgan fingerprint density at radius 2 is 1.94 bits per heavy atom. The van der Waals surface area contributed by atoms with Crippen LogP contribution in [0.25, 0.3) is 0 Å². The average molecular weight is 241 g/mol. The van der Waals surface area contributed by atoms with Gasteiger partial charge in [0, 0.05) is 26.2 Å². The van der Waals surface area contributed by atoms with Gasteiger partial charge in [-0.15, -0.1) is 11.6 Å². The van der Waals surface area contributed by atoms with Crippen LogP contribution in [0, 0.1) is 0 Å². The topological polar surface area (TPSA) is 32.3 Å². The zero-order chi connectivity index (χ0) is 11.4. The summed E-state index contributed by atoms with van der Waals surface area (Å²) in [7, 11) is 0. The van der Waals surface area contributed by atoms with Crippen LogP contribution in [0.4, 0.5) is 5.82 Å². The van der Waals surface area contributed by atoms with E-state index in [0.29, 0.717) is 5.88 Å². The summed E-state index contributed by atoms with van der Waals surface area (Å²) in [4.78, 5) is 13.4. The molecular weight excluding hydrogens is 224 g/mol. The highest BCUT2D eigenvalue weighted by Gasteiger charge is 2.16. The average Bonchev–Trinajstić information content (AvgIpc) is 2.39. The third-order valence-electron chi connectivity index (χ3n) is 2.97. The number of piperazine rings is 1. The van der Waals surface area contributed by atoms with Crippen molar-refractivity contribution in [2.45, 2.75) is 12.8 Å². The van der Waals surface area contributed by atoms with Gasteiger partial charge < -0.3 is 9.80 Å². The predicted molar refractivity (Wildman–Crippen MR) is 65.9 cm³/mol. The van der Waals surface area contributed by atoms with Crippen molar-refractivity contribution in [2.24, 2.45) is 0 Å². The number of hydrogen-bond donors (Lipinski definition) is 0. The highest BCUT2D eigenvalue weighted by atomic mass is 35.5. The first-order valence-corrected chi connectivity index (χ1v) is 6.21. The Hall–Kier alpha value is -0.870. The maximum atomic E-state index is 5.68. The highest BCUT2D eigenvalue weighted by molar-refractivity contribution is 6.16. The number of nitrogens with zero attached hydrogens (tertiary/aromatic N) is 4. The molecule has 0 aromatic carbocycles. The lowest BCUT2D eigenvalue weighted by Gasteiger charge is -2.34. The van der Waals surface area contributed by atoms with Crippen LogP contribution in [0.1, 0.15) is 12.6 Å². The molecule has 4 nitrogen and oxygen atoms in total. The van der Waals surface area contributed by atoms with Gasteiger partial charge in [0.25, 0.3) is 0 Å². The summed E-state index contributed by atoms with van der Waals surface area (Å²) in [5, 5.41) is 0. The standard InChI is InChI=1S/C11H17ClN4/c1-2-15-3-5-16(6-4-15)11-9-13-10(7-12)8-14-11/h8-9H,2-7H2,1H3. The fourth-order valence-electron chi connectivity index (χ4n) is 1.87. The van der Waals surface area contributed by atoms with E-state index < -0.39 is 0 Å². The monoisotopic (exact) mass is 240 g/mol. The minimum absolute atomic E-state index is 0.427. The molecule has 1 saturated heterocycles. The molecule has 88 valence electrons.